The smallest absolute Gasteiger partial charge is 0.250 e. The van der Waals surface area contributed by atoms with E-state index in [0.29, 0.717) is 0 Å². The van der Waals surface area contributed by atoms with E-state index in [9.17, 15) is 14.4 Å². The van der Waals surface area contributed by atoms with Crippen LogP contribution in [0.4, 0.5) is 5.82 Å². The van der Waals surface area contributed by atoms with Crippen LogP contribution in [0.25, 0.3) is 0 Å². The number of ether oxygens (including phenoxy) is 1. The maximum absolute atomic E-state index is 13.0. The lowest BCUT2D eigenvalue weighted by Gasteiger charge is -2.33. The molecule has 10 heteroatoms. The van der Waals surface area contributed by atoms with Gasteiger partial charge in [0.1, 0.15) is 12.6 Å². The number of anilines is 1. The molecule has 3 rings (SSSR count). The minimum absolute atomic E-state index is 0.0251. The predicted octanol–water partition coefficient (Wildman–Crippen LogP) is 1.66. The van der Waals surface area contributed by atoms with Crippen molar-refractivity contribution in [2.45, 2.75) is 70.8 Å². The van der Waals surface area contributed by atoms with E-state index in [1.165, 1.54) is 6.33 Å². The molecule has 1 fully saturated rings. The van der Waals surface area contributed by atoms with Crippen LogP contribution in [0.1, 0.15) is 45.6 Å². The van der Waals surface area contributed by atoms with Crippen molar-refractivity contribution in [3.8, 4) is 0 Å². The summed E-state index contributed by atoms with van der Waals surface area (Å²) in [5.41, 5.74) is 5.67. The summed E-state index contributed by atoms with van der Waals surface area (Å²) in [7, 11) is 0. The van der Waals surface area contributed by atoms with Crippen LogP contribution in [0.2, 0.25) is 0 Å². The molecule has 0 aliphatic carbocycles. The molecular formula is C25H36N6O4. The molecule has 0 spiro atoms. The minimum Gasteiger partial charge on any atom is -0.374 e. The summed E-state index contributed by atoms with van der Waals surface area (Å²) in [6, 6.07) is 8.78. The lowest BCUT2D eigenvalue weighted by atomic mass is 10.0. The number of aromatic nitrogens is 2. The van der Waals surface area contributed by atoms with E-state index in [2.05, 4.69) is 22.5 Å². The Kier molecular flexibility index (Phi) is 9.00. The van der Waals surface area contributed by atoms with Crippen LogP contribution in [0.5, 0.6) is 0 Å². The molecule has 35 heavy (non-hydrogen) atoms. The fourth-order valence-corrected chi connectivity index (χ4v) is 3.84. The van der Waals surface area contributed by atoms with Crippen molar-refractivity contribution in [1.29, 1.82) is 0 Å². The number of likely N-dealkylation sites (tertiary alicyclic amines) is 1. The monoisotopic (exact) mass is 484 g/mol. The van der Waals surface area contributed by atoms with Crippen LogP contribution >= 0.6 is 0 Å². The summed E-state index contributed by atoms with van der Waals surface area (Å²) in [5, 5.41) is 5.35. The third-order valence-corrected chi connectivity index (χ3v) is 5.93. The third kappa shape index (κ3) is 7.90. The number of amides is 3. The van der Waals surface area contributed by atoms with Gasteiger partial charge >= 0.3 is 0 Å². The molecule has 190 valence electrons. The average molecular weight is 485 g/mol. The number of nitrogens with two attached hydrogens (primary N) is 1. The molecule has 1 aliphatic rings. The molecular weight excluding hydrogens is 448 g/mol. The number of imidazole rings is 1. The highest BCUT2D eigenvalue weighted by molar-refractivity contribution is 5.98. The SMILES string of the molecule is CC1CCCCN1C(=O)Cn1cnc(NC(=O)C(COCc2ccccc2)NC(=O)C(C)(C)N)c1. The minimum atomic E-state index is -1.16. The molecule has 10 nitrogen and oxygen atoms in total. The number of carbonyl (C=O) groups is 3. The Morgan fingerprint density at radius 2 is 1.97 bits per heavy atom. The first kappa shape index (κ1) is 26.4. The Morgan fingerprint density at radius 3 is 2.66 bits per heavy atom. The second kappa shape index (κ2) is 11.9. The van der Waals surface area contributed by atoms with E-state index in [-0.39, 0.29) is 37.5 Å². The van der Waals surface area contributed by atoms with E-state index in [1.807, 2.05) is 35.2 Å². The molecule has 1 aliphatic heterocycles. The highest BCUT2D eigenvalue weighted by Gasteiger charge is 2.29. The molecule has 0 saturated carbocycles. The van der Waals surface area contributed by atoms with Gasteiger partial charge in [-0.05, 0) is 45.6 Å². The standard InChI is InChI=1S/C25H36N6O4/c1-18-9-7-8-12-31(18)22(32)14-30-13-21(27-17-30)29-23(33)20(28-24(34)25(2,3)26)16-35-15-19-10-5-4-6-11-19/h4-6,10-11,13,17-18,20H,7-9,12,14-16,26H2,1-3H3,(H,28,34)(H,29,33). The number of nitrogens with zero attached hydrogens (tertiary/aromatic N) is 3. The molecule has 1 aromatic heterocycles. The lowest BCUT2D eigenvalue weighted by Crippen LogP contribution is -2.56. The fourth-order valence-electron chi connectivity index (χ4n) is 3.84. The molecule has 0 bridgehead atoms. The van der Waals surface area contributed by atoms with E-state index in [4.69, 9.17) is 10.5 Å². The van der Waals surface area contributed by atoms with Gasteiger partial charge in [0.2, 0.25) is 11.8 Å². The summed E-state index contributed by atoms with van der Waals surface area (Å²) in [4.78, 5) is 44.2. The Balaban J connectivity index is 1.59. The van der Waals surface area contributed by atoms with Gasteiger partial charge in [-0.2, -0.15) is 0 Å². The number of rotatable bonds is 10. The number of piperidine rings is 1. The normalized spacial score (nSPS) is 17.0. The molecule has 2 atom stereocenters. The van der Waals surface area contributed by atoms with E-state index in [0.717, 1.165) is 31.4 Å². The summed E-state index contributed by atoms with van der Waals surface area (Å²) in [5.74, 6) is -0.662. The Hall–Kier alpha value is -3.24. The zero-order valence-corrected chi connectivity index (χ0v) is 20.7. The highest BCUT2D eigenvalue weighted by atomic mass is 16.5. The van der Waals surface area contributed by atoms with Crippen molar-refractivity contribution < 1.29 is 19.1 Å². The Morgan fingerprint density at radius 1 is 1.23 bits per heavy atom. The van der Waals surface area contributed by atoms with Crippen LogP contribution in [0.15, 0.2) is 42.9 Å². The van der Waals surface area contributed by atoms with Crippen molar-refractivity contribution in [1.82, 2.24) is 19.8 Å². The maximum atomic E-state index is 13.0. The number of hydrogen-bond donors (Lipinski definition) is 3. The van der Waals surface area contributed by atoms with Gasteiger partial charge in [0, 0.05) is 18.8 Å². The maximum Gasteiger partial charge on any atom is 0.250 e. The van der Waals surface area contributed by atoms with Gasteiger partial charge in [-0.25, -0.2) is 4.98 Å². The summed E-state index contributed by atoms with van der Waals surface area (Å²) in [6.45, 7) is 6.34. The Bertz CT molecular complexity index is 1000. The fraction of sp³-hybridized carbons (Fsp3) is 0.520. The summed E-state index contributed by atoms with van der Waals surface area (Å²) < 4.78 is 7.34. The van der Waals surface area contributed by atoms with Gasteiger partial charge in [0.15, 0.2) is 5.82 Å². The van der Waals surface area contributed by atoms with Crippen molar-refractivity contribution >= 4 is 23.5 Å². The molecule has 4 N–H and O–H groups in total. The second-order valence-corrected chi connectivity index (χ2v) is 9.60. The molecule has 3 amide bonds. The van der Waals surface area contributed by atoms with Crippen LogP contribution < -0.4 is 16.4 Å². The van der Waals surface area contributed by atoms with Gasteiger partial charge in [-0.1, -0.05) is 30.3 Å². The third-order valence-electron chi connectivity index (χ3n) is 5.93. The van der Waals surface area contributed by atoms with Gasteiger partial charge < -0.3 is 30.6 Å². The van der Waals surface area contributed by atoms with Gasteiger partial charge in [0.05, 0.1) is 25.1 Å². The van der Waals surface area contributed by atoms with Crippen molar-refractivity contribution in [2.75, 3.05) is 18.5 Å². The zero-order chi connectivity index (χ0) is 25.4. The largest absolute Gasteiger partial charge is 0.374 e. The topological polar surface area (TPSA) is 132 Å². The molecule has 1 aromatic carbocycles. The van der Waals surface area contributed by atoms with Gasteiger partial charge in [-0.3, -0.25) is 14.4 Å². The number of hydrogen-bond acceptors (Lipinski definition) is 6. The van der Waals surface area contributed by atoms with Crippen LogP contribution in [0.3, 0.4) is 0 Å². The number of carbonyl (C=O) groups excluding carboxylic acids is 3. The van der Waals surface area contributed by atoms with Gasteiger partial charge in [0.25, 0.3) is 5.91 Å². The molecule has 1 saturated heterocycles. The Labute approximate surface area is 206 Å². The summed E-state index contributed by atoms with van der Waals surface area (Å²) >= 11 is 0. The van der Waals surface area contributed by atoms with Crippen molar-refractivity contribution in [2.24, 2.45) is 5.73 Å². The van der Waals surface area contributed by atoms with Crippen LogP contribution in [-0.4, -0.2) is 62.9 Å². The van der Waals surface area contributed by atoms with Gasteiger partial charge in [-0.15, -0.1) is 0 Å². The quantitative estimate of drug-likeness (QED) is 0.470. The highest BCUT2D eigenvalue weighted by Crippen LogP contribution is 2.17. The first-order valence-corrected chi connectivity index (χ1v) is 12.0. The van der Waals surface area contributed by atoms with E-state index in [1.54, 1.807) is 24.6 Å². The first-order chi connectivity index (χ1) is 16.6. The molecule has 2 heterocycles. The molecule has 2 aromatic rings. The second-order valence-electron chi connectivity index (χ2n) is 9.60. The van der Waals surface area contributed by atoms with Crippen LogP contribution in [-0.2, 0) is 32.3 Å². The first-order valence-electron chi connectivity index (χ1n) is 12.0. The molecule has 0 radical (unpaired) electrons. The number of benzene rings is 1. The molecule has 2 unspecified atom stereocenters. The van der Waals surface area contributed by atoms with E-state index < -0.39 is 23.4 Å². The van der Waals surface area contributed by atoms with Crippen molar-refractivity contribution in [3.63, 3.8) is 0 Å². The number of nitrogens with one attached hydrogen (secondary N) is 2. The predicted molar refractivity (Wildman–Crippen MR) is 132 cm³/mol. The van der Waals surface area contributed by atoms with Crippen LogP contribution in [0, 0.1) is 0 Å². The van der Waals surface area contributed by atoms with E-state index >= 15 is 0 Å². The van der Waals surface area contributed by atoms with Crippen molar-refractivity contribution in [3.05, 3.63) is 48.4 Å². The lowest BCUT2D eigenvalue weighted by molar-refractivity contribution is -0.135. The summed E-state index contributed by atoms with van der Waals surface area (Å²) in [6.07, 6.45) is 6.27. The average Bonchev–Trinajstić information content (AvgIpc) is 3.25. The zero-order valence-electron chi connectivity index (χ0n) is 20.7.